The van der Waals surface area contributed by atoms with E-state index in [1.165, 1.54) is 0 Å². The summed E-state index contributed by atoms with van der Waals surface area (Å²) in [5.41, 5.74) is 3.39. The van der Waals surface area contributed by atoms with Crippen LogP contribution in [-0.4, -0.2) is 118 Å². The van der Waals surface area contributed by atoms with Gasteiger partial charge in [-0.25, -0.2) is 4.79 Å². The molecule has 1 amide bonds. The summed E-state index contributed by atoms with van der Waals surface area (Å²) in [5.74, 6) is 0. The lowest BCUT2D eigenvalue weighted by Crippen LogP contribution is -2.48. The van der Waals surface area contributed by atoms with Crippen molar-refractivity contribution in [1.82, 2.24) is 25.0 Å². The lowest BCUT2D eigenvalue weighted by Gasteiger charge is -2.43. The Morgan fingerprint density at radius 2 is 1.90 bits per heavy atom. The van der Waals surface area contributed by atoms with Crippen molar-refractivity contribution in [3.05, 3.63) is 54.5 Å². The maximum atomic E-state index is 12.3. The topological polar surface area (TPSA) is 105 Å². The molecule has 2 aliphatic heterocycles. The van der Waals surface area contributed by atoms with Crippen LogP contribution in [0.15, 0.2) is 48.9 Å². The van der Waals surface area contributed by atoms with E-state index in [1.807, 2.05) is 37.5 Å². The fourth-order valence-electron chi connectivity index (χ4n) is 5.10. The second-order valence-corrected chi connectivity index (χ2v) is 10.8. The molecule has 2 aromatic rings. The molecule has 0 radical (unpaired) electrons. The first-order valence-corrected chi connectivity index (χ1v) is 14.2. The minimum Gasteiger partial charge on any atom is -0.441 e. The standard InChI is InChI=1S/C30H44N6O5/c1-23(20-38-4)36-14-11-30(39-5,12-15-36)25-7-9-28(31-19-25)24-6-8-26(10-13-32-33-18-24)34(2)16-17-35(3)29(37)41-27-21-40-22-27/h6-10,13,18-19,23,27,32H,11-12,14-17,20-22H2,1-5H3/t23-/m1/s1. The van der Waals surface area contributed by atoms with Gasteiger partial charge < -0.3 is 28.7 Å². The molecule has 0 saturated carbocycles. The Kier molecular flexibility index (Phi) is 10.9. The maximum Gasteiger partial charge on any atom is 0.410 e. The molecule has 4 heterocycles. The number of rotatable bonds is 11. The number of amides is 1. The number of methoxy groups -OCH3 is 2. The molecule has 2 aliphatic rings. The highest BCUT2D eigenvalue weighted by Crippen LogP contribution is 2.37. The van der Waals surface area contributed by atoms with E-state index in [1.54, 1.807) is 38.6 Å². The van der Waals surface area contributed by atoms with Crippen LogP contribution in [0.4, 0.5) is 10.5 Å². The van der Waals surface area contributed by atoms with E-state index in [4.69, 9.17) is 23.9 Å². The Balaban J connectivity index is 1.42. The average molecular weight is 569 g/mol. The molecule has 0 spiro atoms. The number of pyridine rings is 1. The highest BCUT2D eigenvalue weighted by Gasteiger charge is 2.37. The number of nitrogens with zero attached hydrogens (tertiary/aromatic N) is 5. The highest BCUT2D eigenvalue weighted by molar-refractivity contribution is 5.67. The van der Waals surface area contributed by atoms with E-state index in [0.29, 0.717) is 32.3 Å². The number of H-pyrrole nitrogens is 1. The number of aromatic amines is 1. The largest absolute Gasteiger partial charge is 0.441 e. The summed E-state index contributed by atoms with van der Waals surface area (Å²) in [6.07, 6.45) is 6.81. The van der Waals surface area contributed by atoms with Gasteiger partial charge >= 0.3 is 6.09 Å². The smallest absolute Gasteiger partial charge is 0.410 e. The molecule has 11 heteroatoms. The van der Waals surface area contributed by atoms with Crippen LogP contribution in [0.5, 0.6) is 0 Å². The summed E-state index contributed by atoms with van der Waals surface area (Å²) < 4.78 is 21.9. The number of carbonyl (C=O) groups is 1. The minimum absolute atomic E-state index is 0.136. The number of carbonyl (C=O) groups excluding carboxylic acids is 1. The van der Waals surface area contributed by atoms with Crippen LogP contribution in [0.2, 0.25) is 0 Å². The summed E-state index contributed by atoms with van der Waals surface area (Å²) >= 11 is 0. The van der Waals surface area contributed by atoms with Gasteiger partial charge in [-0.3, -0.25) is 15.0 Å². The fraction of sp³-hybridized carbons (Fsp3) is 0.567. The van der Waals surface area contributed by atoms with Crippen molar-refractivity contribution in [2.24, 2.45) is 0 Å². The molecule has 0 unspecified atom stereocenters. The molecule has 2 fully saturated rings. The molecule has 1 atom stereocenters. The van der Waals surface area contributed by atoms with Crippen LogP contribution in [0.1, 0.15) is 25.3 Å². The van der Waals surface area contributed by atoms with Crippen molar-refractivity contribution in [3.63, 3.8) is 0 Å². The number of ether oxygens (including phenoxy) is 4. The summed E-state index contributed by atoms with van der Waals surface area (Å²) in [4.78, 5) is 23.2. The number of hydrogen-bond donors (Lipinski definition) is 1. The zero-order chi connectivity index (χ0) is 29.2. The quantitative estimate of drug-likeness (QED) is 0.436. The number of aromatic nitrogens is 3. The first kappa shape index (κ1) is 30.7. The van der Waals surface area contributed by atoms with Gasteiger partial charge in [-0.1, -0.05) is 6.07 Å². The van der Waals surface area contributed by atoms with Crippen LogP contribution in [0, 0.1) is 0 Å². The molecule has 0 bridgehead atoms. The van der Waals surface area contributed by atoms with Crippen LogP contribution < -0.4 is 4.90 Å². The zero-order valence-corrected chi connectivity index (χ0v) is 24.9. The van der Waals surface area contributed by atoms with Crippen molar-refractivity contribution in [3.8, 4) is 11.3 Å². The van der Waals surface area contributed by atoms with E-state index >= 15 is 0 Å². The summed E-state index contributed by atoms with van der Waals surface area (Å²) in [7, 11) is 7.27. The van der Waals surface area contributed by atoms with Crippen molar-refractivity contribution < 1.29 is 23.7 Å². The molecule has 2 aromatic heterocycles. The van der Waals surface area contributed by atoms with E-state index < -0.39 is 0 Å². The number of anilines is 1. The molecule has 2 saturated heterocycles. The molecule has 1 N–H and O–H groups in total. The molecule has 0 aliphatic carbocycles. The van der Waals surface area contributed by atoms with Crippen LogP contribution in [-0.2, 0) is 24.5 Å². The summed E-state index contributed by atoms with van der Waals surface area (Å²) in [5, 5.41) is 7.27. The monoisotopic (exact) mass is 568 g/mol. The van der Waals surface area contributed by atoms with Gasteiger partial charge in [0, 0.05) is 89.7 Å². The molecular weight excluding hydrogens is 524 g/mol. The minimum atomic E-state index is -0.345. The van der Waals surface area contributed by atoms with Gasteiger partial charge in [-0.2, -0.15) is 5.10 Å². The summed E-state index contributed by atoms with van der Waals surface area (Å²) in [6.45, 7) is 6.91. The summed E-state index contributed by atoms with van der Waals surface area (Å²) in [6, 6.07) is 10.5. The lowest BCUT2D eigenvalue weighted by atomic mass is 9.84. The predicted octanol–water partition coefficient (Wildman–Crippen LogP) is 3.47. The Labute approximate surface area is 243 Å². The normalized spacial score (nSPS) is 17.7. The fourth-order valence-corrected chi connectivity index (χ4v) is 5.10. The third kappa shape index (κ3) is 7.94. The molecule has 11 nitrogen and oxygen atoms in total. The Morgan fingerprint density at radius 3 is 2.54 bits per heavy atom. The van der Waals surface area contributed by atoms with E-state index in [2.05, 4.69) is 33.0 Å². The third-order valence-electron chi connectivity index (χ3n) is 8.05. The van der Waals surface area contributed by atoms with Crippen LogP contribution >= 0.6 is 0 Å². The van der Waals surface area contributed by atoms with E-state index in [-0.39, 0.29) is 17.8 Å². The van der Waals surface area contributed by atoms with Crippen molar-refractivity contribution in [2.45, 2.75) is 37.5 Å². The zero-order valence-electron chi connectivity index (χ0n) is 24.9. The van der Waals surface area contributed by atoms with Gasteiger partial charge in [-0.05, 0) is 44.0 Å². The Hall–Kier alpha value is -3.25. The van der Waals surface area contributed by atoms with Gasteiger partial charge in [0.25, 0.3) is 0 Å². The third-order valence-corrected chi connectivity index (χ3v) is 8.05. The number of nitrogens with one attached hydrogen (secondary N) is 1. The second-order valence-electron chi connectivity index (χ2n) is 10.8. The second kappa shape index (κ2) is 14.6. The van der Waals surface area contributed by atoms with Crippen molar-refractivity contribution in [2.75, 3.05) is 79.2 Å². The van der Waals surface area contributed by atoms with Gasteiger partial charge in [0.2, 0.25) is 0 Å². The van der Waals surface area contributed by atoms with Gasteiger partial charge in [0.15, 0.2) is 6.10 Å². The molecule has 41 heavy (non-hydrogen) atoms. The molecule has 0 aromatic carbocycles. The first-order valence-electron chi connectivity index (χ1n) is 14.2. The van der Waals surface area contributed by atoms with Crippen LogP contribution in [0.25, 0.3) is 11.3 Å². The Morgan fingerprint density at radius 1 is 1.12 bits per heavy atom. The average Bonchev–Trinajstić information content (AvgIpc) is 3.10. The molecular formula is C30H44N6O5. The number of likely N-dealkylation sites (N-methyl/N-ethyl adjacent to an activating group) is 2. The number of hydrogen-bond acceptors (Lipinski definition) is 9. The van der Waals surface area contributed by atoms with Crippen molar-refractivity contribution in [1.29, 1.82) is 0 Å². The maximum absolute atomic E-state index is 12.3. The lowest BCUT2D eigenvalue weighted by molar-refractivity contribution is -0.103. The van der Waals surface area contributed by atoms with E-state index in [9.17, 15) is 4.79 Å². The van der Waals surface area contributed by atoms with Gasteiger partial charge in [-0.15, -0.1) is 0 Å². The SMILES string of the molecule is COC[C@@H](C)N1CCC(OC)(c2ccc(-c3ccc(N(C)CCN(C)C(=O)OC4COC4)cc[nH]nc3)nc2)CC1. The van der Waals surface area contributed by atoms with E-state index in [0.717, 1.165) is 55.0 Å². The highest BCUT2D eigenvalue weighted by atomic mass is 16.6. The van der Waals surface area contributed by atoms with Gasteiger partial charge in [0.1, 0.15) is 0 Å². The van der Waals surface area contributed by atoms with Crippen molar-refractivity contribution >= 4 is 11.8 Å². The van der Waals surface area contributed by atoms with Crippen LogP contribution in [0.3, 0.4) is 0 Å². The van der Waals surface area contributed by atoms with Gasteiger partial charge in [0.05, 0.1) is 37.3 Å². The first-order chi connectivity index (χ1) is 19.8. The molecule has 224 valence electrons. The number of likely N-dealkylation sites (tertiary alicyclic amines) is 1. The Bertz CT molecular complexity index is 1160. The number of piperidine rings is 1. The molecule has 4 rings (SSSR count). The predicted molar refractivity (Wildman–Crippen MR) is 157 cm³/mol.